The molecular formula is C17H22N2O. The van der Waals surface area contributed by atoms with Crippen molar-refractivity contribution in [2.75, 3.05) is 5.32 Å². The Morgan fingerprint density at radius 3 is 2.65 bits per heavy atom. The maximum atomic E-state index is 6.13. The molecule has 3 heteroatoms. The maximum Gasteiger partial charge on any atom is 0.0834 e. The highest BCUT2D eigenvalue weighted by Gasteiger charge is 2.45. The highest BCUT2D eigenvalue weighted by Crippen LogP contribution is 2.38. The van der Waals surface area contributed by atoms with Gasteiger partial charge in [-0.15, -0.1) is 0 Å². The highest BCUT2D eigenvalue weighted by molar-refractivity contribution is 5.81. The molecular weight excluding hydrogens is 248 g/mol. The standard InChI is InChI=1S/C17H22N2O/c1-16(2)10-15(17(3,4)20-16)19-13-9-12-7-5-6-8-14(12)18-11-13/h5-9,11,15,19H,10H2,1-4H3. The number of pyridine rings is 1. The Kier molecular flexibility index (Phi) is 2.98. The molecule has 2 aromatic rings. The summed E-state index contributed by atoms with van der Waals surface area (Å²) in [5, 5.41) is 4.75. The molecule has 0 amide bonds. The molecule has 0 bridgehead atoms. The van der Waals surface area contributed by atoms with Gasteiger partial charge in [-0.3, -0.25) is 4.98 Å². The molecule has 1 saturated heterocycles. The predicted octanol–water partition coefficient (Wildman–Crippen LogP) is 3.99. The number of fused-ring (bicyclic) bond motifs is 1. The summed E-state index contributed by atoms with van der Waals surface area (Å²) in [5.41, 5.74) is 1.84. The van der Waals surface area contributed by atoms with Gasteiger partial charge in [0, 0.05) is 5.39 Å². The van der Waals surface area contributed by atoms with Crippen molar-refractivity contribution >= 4 is 16.6 Å². The van der Waals surface area contributed by atoms with Crippen LogP contribution >= 0.6 is 0 Å². The van der Waals surface area contributed by atoms with Crippen LogP contribution in [0.5, 0.6) is 0 Å². The summed E-state index contributed by atoms with van der Waals surface area (Å²) in [6, 6.07) is 10.6. The Morgan fingerprint density at radius 2 is 1.95 bits per heavy atom. The second kappa shape index (κ2) is 4.45. The first-order chi connectivity index (χ1) is 9.36. The summed E-state index contributed by atoms with van der Waals surface area (Å²) in [7, 11) is 0. The van der Waals surface area contributed by atoms with Crippen LogP contribution in [0.3, 0.4) is 0 Å². The zero-order valence-corrected chi connectivity index (χ0v) is 12.6. The van der Waals surface area contributed by atoms with Crippen molar-refractivity contribution in [1.29, 1.82) is 0 Å². The minimum atomic E-state index is -0.171. The fraction of sp³-hybridized carbons (Fsp3) is 0.471. The zero-order valence-electron chi connectivity index (χ0n) is 12.6. The van der Waals surface area contributed by atoms with E-state index in [4.69, 9.17) is 4.74 Å². The second-order valence-electron chi connectivity index (χ2n) is 6.78. The summed E-state index contributed by atoms with van der Waals surface area (Å²) in [5.74, 6) is 0. The number of nitrogens with zero attached hydrogens (tertiary/aromatic N) is 1. The maximum absolute atomic E-state index is 6.13. The molecule has 1 unspecified atom stereocenters. The predicted molar refractivity (Wildman–Crippen MR) is 83.0 cm³/mol. The Morgan fingerprint density at radius 1 is 1.20 bits per heavy atom. The quantitative estimate of drug-likeness (QED) is 0.896. The molecule has 0 saturated carbocycles. The number of nitrogens with one attached hydrogen (secondary N) is 1. The fourth-order valence-electron chi connectivity index (χ4n) is 3.14. The third-order valence-electron chi connectivity index (χ3n) is 4.01. The van der Waals surface area contributed by atoms with Gasteiger partial charge in [0.1, 0.15) is 0 Å². The first-order valence-electron chi connectivity index (χ1n) is 7.17. The average Bonchev–Trinajstić information content (AvgIpc) is 2.57. The van der Waals surface area contributed by atoms with Gasteiger partial charge in [0.25, 0.3) is 0 Å². The van der Waals surface area contributed by atoms with E-state index in [1.807, 2.05) is 24.4 Å². The van der Waals surface area contributed by atoms with Crippen LogP contribution in [0.15, 0.2) is 36.5 Å². The number of aromatic nitrogens is 1. The van der Waals surface area contributed by atoms with Gasteiger partial charge in [0.2, 0.25) is 0 Å². The topological polar surface area (TPSA) is 34.2 Å². The molecule has 20 heavy (non-hydrogen) atoms. The van der Waals surface area contributed by atoms with Crippen LogP contribution < -0.4 is 5.32 Å². The van der Waals surface area contributed by atoms with Gasteiger partial charge in [-0.1, -0.05) is 18.2 Å². The molecule has 1 aliphatic rings. The van der Waals surface area contributed by atoms with E-state index >= 15 is 0 Å². The molecule has 3 nitrogen and oxygen atoms in total. The van der Waals surface area contributed by atoms with Crippen molar-refractivity contribution in [3.05, 3.63) is 36.5 Å². The molecule has 1 atom stereocenters. The van der Waals surface area contributed by atoms with Gasteiger partial charge < -0.3 is 10.1 Å². The number of ether oxygens (including phenoxy) is 1. The van der Waals surface area contributed by atoms with Gasteiger partial charge in [-0.05, 0) is 46.2 Å². The van der Waals surface area contributed by atoms with Crippen LogP contribution in [0.4, 0.5) is 5.69 Å². The van der Waals surface area contributed by atoms with Crippen LogP contribution in [0.25, 0.3) is 10.9 Å². The van der Waals surface area contributed by atoms with E-state index < -0.39 is 0 Å². The Hall–Kier alpha value is -1.61. The lowest BCUT2D eigenvalue weighted by Crippen LogP contribution is -2.38. The first-order valence-corrected chi connectivity index (χ1v) is 7.17. The van der Waals surface area contributed by atoms with Gasteiger partial charge in [-0.2, -0.15) is 0 Å². The summed E-state index contributed by atoms with van der Waals surface area (Å²) in [6.07, 6.45) is 2.90. The number of anilines is 1. The van der Waals surface area contributed by atoms with Crippen LogP contribution in [-0.2, 0) is 4.74 Å². The number of hydrogen-bond donors (Lipinski definition) is 1. The lowest BCUT2D eigenvalue weighted by molar-refractivity contribution is -0.0662. The van der Waals surface area contributed by atoms with Crippen LogP contribution in [-0.4, -0.2) is 22.2 Å². The van der Waals surface area contributed by atoms with Gasteiger partial charge in [0.05, 0.1) is 34.6 Å². The normalized spacial score (nSPS) is 23.9. The van der Waals surface area contributed by atoms with E-state index in [9.17, 15) is 0 Å². The molecule has 2 heterocycles. The van der Waals surface area contributed by atoms with E-state index in [2.05, 4.69) is 50.1 Å². The Balaban J connectivity index is 1.86. The molecule has 0 aliphatic carbocycles. The molecule has 1 fully saturated rings. The smallest absolute Gasteiger partial charge is 0.0834 e. The van der Waals surface area contributed by atoms with Crippen molar-refractivity contribution in [3.63, 3.8) is 0 Å². The van der Waals surface area contributed by atoms with Gasteiger partial charge in [0.15, 0.2) is 0 Å². The minimum absolute atomic E-state index is 0.0779. The molecule has 1 aliphatic heterocycles. The van der Waals surface area contributed by atoms with Crippen molar-refractivity contribution in [2.24, 2.45) is 0 Å². The SMILES string of the molecule is CC1(C)CC(Nc2cnc3ccccc3c2)C(C)(C)O1. The van der Waals surface area contributed by atoms with Crippen LogP contribution in [0.1, 0.15) is 34.1 Å². The first kappa shape index (κ1) is 13.4. The fourth-order valence-corrected chi connectivity index (χ4v) is 3.14. The van der Waals surface area contributed by atoms with E-state index in [0.29, 0.717) is 6.04 Å². The largest absolute Gasteiger partial charge is 0.378 e. The number of para-hydroxylation sites is 1. The summed E-state index contributed by atoms with van der Waals surface area (Å²) < 4.78 is 6.13. The minimum Gasteiger partial charge on any atom is -0.378 e. The molecule has 106 valence electrons. The van der Waals surface area contributed by atoms with E-state index in [1.165, 1.54) is 0 Å². The third kappa shape index (κ3) is 2.50. The molecule has 0 spiro atoms. The van der Waals surface area contributed by atoms with Crippen molar-refractivity contribution in [3.8, 4) is 0 Å². The average molecular weight is 270 g/mol. The van der Waals surface area contributed by atoms with E-state index in [1.54, 1.807) is 0 Å². The second-order valence-corrected chi connectivity index (χ2v) is 6.78. The van der Waals surface area contributed by atoms with Crippen molar-refractivity contribution < 1.29 is 4.74 Å². The lowest BCUT2D eigenvalue weighted by Gasteiger charge is -2.28. The van der Waals surface area contributed by atoms with Crippen LogP contribution in [0, 0.1) is 0 Å². The van der Waals surface area contributed by atoms with Gasteiger partial charge in [-0.25, -0.2) is 0 Å². The zero-order chi connectivity index (χ0) is 14.4. The summed E-state index contributed by atoms with van der Waals surface area (Å²) >= 11 is 0. The summed E-state index contributed by atoms with van der Waals surface area (Å²) in [6.45, 7) is 8.59. The van der Waals surface area contributed by atoms with E-state index in [-0.39, 0.29) is 11.2 Å². The summed E-state index contributed by atoms with van der Waals surface area (Å²) in [4.78, 5) is 4.50. The monoisotopic (exact) mass is 270 g/mol. The van der Waals surface area contributed by atoms with Crippen molar-refractivity contribution in [1.82, 2.24) is 4.98 Å². The number of rotatable bonds is 2. The highest BCUT2D eigenvalue weighted by atomic mass is 16.5. The van der Waals surface area contributed by atoms with Crippen LogP contribution in [0.2, 0.25) is 0 Å². The van der Waals surface area contributed by atoms with Crippen molar-refractivity contribution in [2.45, 2.75) is 51.4 Å². The lowest BCUT2D eigenvalue weighted by atomic mass is 9.94. The number of hydrogen-bond acceptors (Lipinski definition) is 3. The number of benzene rings is 1. The third-order valence-corrected chi connectivity index (χ3v) is 4.01. The molecule has 1 N–H and O–H groups in total. The Labute approximate surface area is 120 Å². The molecule has 1 aromatic heterocycles. The van der Waals surface area contributed by atoms with E-state index in [0.717, 1.165) is 23.0 Å². The molecule has 0 radical (unpaired) electrons. The molecule has 3 rings (SSSR count). The Bertz CT molecular complexity index is 634. The molecule has 1 aromatic carbocycles. The van der Waals surface area contributed by atoms with Gasteiger partial charge >= 0.3 is 0 Å².